The predicted octanol–water partition coefficient (Wildman–Crippen LogP) is 3.82. The van der Waals surface area contributed by atoms with Crippen molar-refractivity contribution in [3.05, 3.63) is 83.7 Å². The van der Waals surface area contributed by atoms with Crippen molar-refractivity contribution in [1.82, 2.24) is 4.98 Å². The van der Waals surface area contributed by atoms with Crippen LogP contribution in [0.15, 0.2) is 66.9 Å². The van der Waals surface area contributed by atoms with Crippen molar-refractivity contribution in [3.63, 3.8) is 0 Å². The van der Waals surface area contributed by atoms with E-state index in [9.17, 15) is 0 Å². The van der Waals surface area contributed by atoms with Gasteiger partial charge in [-0.2, -0.15) is 0 Å². The molecule has 1 heteroatoms. The molecule has 0 saturated carbocycles. The molecule has 0 bridgehead atoms. The van der Waals surface area contributed by atoms with Crippen LogP contribution in [0.25, 0.3) is 0 Å². The van der Waals surface area contributed by atoms with E-state index in [1.54, 1.807) is 0 Å². The highest BCUT2D eigenvalue weighted by molar-refractivity contribution is 5.39. The van der Waals surface area contributed by atoms with Crippen LogP contribution in [-0.4, -0.2) is 4.98 Å². The first-order chi connectivity index (χ1) is 8.43. The van der Waals surface area contributed by atoms with Gasteiger partial charge in [0.25, 0.3) is 0 Å². The van der Waals surface area contributed by atoms with E-state index < -0.39 is 0 Å². The van der Waals surface area contributed by atoms with E-state index in [0.29, 0.717) is 5.92 Å². The Hall–Kier alpha value is -2.02. The van der Waals surface area contributed by atoms with Gasteiger partial charge in [0.15, 0.2) is 0 Å². The molecule has 1 aliphatic carbocycles. The van der Waals surface area contributed by atoms with Gasteiger partial charge in [-0.15, -0.1) is 0 Å². The first kappa shape index (κ1) is 10.2. The molecule has 0 saturated heterocycles. The molecule has 3 rings (SSSR count). The smallest absolute Gasteiger partial charge is 0.0233 e. The molecule has 1 aromatic carbocycles. The number of H-pyrrole nitrogens is 1. The number of rotatable bonds is 3. The number of hydrogen-bond acceptors (Lipinski definition) is 0. The third kappa shape index (κ3) is 2.09. The van der Waals surface area contributed by atoms with Gasteiger partial charge in [-0.1, -0.05) is 54.6 Å². The van der Waals surface area contributed by atoms with E-state index in [2.05, 4.69) is 65.7 Å². The zero-order chi connectivity index (χ0) is 11.5. The summed E-state index contributed by atoms with van der Waals surface area (Å²) in [6.45, 7) is 0. The lowest BCUT2D eigenvalue weighted by molar-refractivity contribution is 1.01. The summed E-state index contributed by atoms with van der Waals surface area (Å²) < 4.78 is 0. The Labute approximate surface area is 102 Å². The first-order valence-electron chi connectivity index (χ1n) is 5.98. The summed E-state index contributed by atoms with van der Waals surface area (Å²) in [5.41, 5.74) is 4.05. The third-order valence-corrected chi connectivity index (χ3v) is 3.20. The lowest BCUT2D eigenvalue weighted by Crippen LogP contribution is -1.96. The Morgan fingerprint density at radius 1 is 0.941 bits per heavy atom. The molecule has 1 nitrogen and oxygen atoms in total. The van der Waals surface area contributed by atoms with Gasteiger partial charge in [0, 0.05) is 24.2 Å². The summed E-state index contributed by atoms with van der Waals surface area (Å²) in [6, 6.07) is 12.8. The number of hydrogen-bond donors (Lipinski definition) is 1. The SMILES string of the molecule is C1=CC(c2cc[nH]c2Cc2ccccc2)C=C1. The highest BCUT2D eigenvalue weighted by atomic mass is 14.7. The molecule has 0 radical (unpaired) electrons. The molecule has 2 aromatic rings. The summed E-state index contributed by atoms with van der Waals surface area (Å²) in [7, 11) is 0. The monoisotopic (exact) mass is 221 g/mol. The van der Waals surface area contributed by atoms with Crippen LogP contribution < -0.4 is 0 Å². The van der Waals surface area contributed by atoms with Gasteiger partial charge >= 0.3 is 0 Å². The minimum absolute atomic E-state index is 0.444. The summed E-state index contributed by atoms with van der Waals surface area (Å²) in [4.78, 5) is 3.36. The molecule has 0 fully saturated rings. The Morgan fingerprint density at radius 3 is 2.47 bits per heavy atom. The van der Waals surface area contributed by atoms with E-state index in [-0.39, 0.29) is 0 Å². The van der Waals surface area contributed by atoms with Crippen molar-refractivity contribution in [2.24, 2.45) is 0 Å². The van der Waals surface area contributed by atoms with Gasteiger partial charge in [-0.3, -0.25) is 0 Å². The average molecular weight is 221 g/mol. The Morgan fingerprint density at radius 2 is 1.71 bits per heavy atom. The summed E-state index contributed by atoms with van der Waals surface area (Å²) in [5, 5.41) is 0. The second-order valence-electron chi connectivity index (χ2n) is 4.37. The molecule has 0 spiro atoms. The minimum Gasteiger partial charge on any atom is -0.364 e. The maximum atomic E-state index is 3.36. The molecule has 0 atom stereocenters. The molecule has 1 aliphatic rings. The fraction of sp³-hybridized carbons (Fsp3) is 0.125. The van der Waals surface area contributed by atoms with Crippen molar-refractivity contribution in [3.8, 4) is 0 Å². The first-order valence-corrected chi connectivity index (χ1v) is 5.98. The van der Waals surface area contributed by atoms with E-state index in [4.69, 9.17) is 0 Å². The number of benzene rings is 1. The average Bonchev–Trinajstić information content (AvgIpc) is 3.00. The second-order valence-corrected chi connectivity index (χ2v) is 4.37. The molecule has 17 heavy (non-hydrogen) atoms. The van der Waals surface area contributed by atoms with Crippen molar-refractivity contribution in [2.75, 3.05) is 0 Å². The fourth-order valence-electron chi connectivity index (χ4n) is 2.32. The molecule has 84 valence electrons. The standard InChI is InChI=1S/C16H15N/c1-2-6-13(7-3-1)12-16-15(10-11-17-16)14-8-4-5-9-14/h1-11,14,17H,12H2. The number of nitrogens with one attached hydrogen (secondary N) is 1. The van der Waals surface area contributed by atoms with Crippen molar-refractivity contribution in [2.45, 2.75) is 12.3 Å². The Balaban J connectivity index is 1.87. The normalized spacial score (nSPS) is 14.6. The fourth-order valence-corrected chi connectivity index (χ4v) is 2.32. The van der Waals surface area contributed by atoms with E-state index in [1.807, 2.05) is 6.20 Å². The van der Waals surface area contributed by atoms with Crippen molar-refractivity contribution >= 4 is 0 Å². The lowest BCUT2D eigenvalue weighted by Gasteiger charge is -2.08. The van der Waals surface area contributed by atoms with E-state index in [1.165, 1.54) is 16.8 Å². The highest BCUT2D eigenvalue weighted by Gasteiger charge is 2.12. The van der Waals surface area contributed by atoms with Crippen LogP contribution in [0.5, 0.6) is 0 Å². The van der Waals surface area contributed by atoms with E-state index >= 15 is 0 Å². The summed E-state index contributed by atoms with van der Waals surface area (Å²) >= 11 is 0. The maximum Gasteiger partial charge on any atom is 0.0233 e. The Kier molecular flexibility index (Phi) is 2.66. The quantitative estimate of drug-likeness (QED) is 0.811. The highest BCUT2D eigenvalue weighted by Crippen LogP contribution is 2.26. The van der Waals surface area contributed by atoms with Crippen molar-refractivity contribution in [1.29, 1.82) is 0 Å². The van der Waals surface area contributed by atoms with Crippen LogP contribution in [0, 0.1) is 0 Å². The lowest BCUT2D eigenvalue weighted by atomic mass is 9.98. The molecule has 0 unspecified atom stereocenters. The molecular formula is C16H15N. The molecule has 0 amide bonds. The number of allylic oxidation sites excluding steroid dienone is 4. The molecule has 1 aromatic heterocycles. The largest absolute Gasteiger partial charge is 0.364 e. The second kappa shape index (κ2) is 4.46. The maximum absolute atomic E-state index is 3.36. The molecule has 1 heterocycles. The van der Waals surface area contributed by atoms with Crippen molar-refractivity contribution < 1.29 is 0 Å². The van der Waals surface area contributed by atoms with Crippen LogP contribution >= 0.6 is 0 Å². The third-order valence-electron chi connectivity index (χ3n) is 3.20. The van der Waals surface area contributed by atoms with Crippen LogP contribution in [0.4, 0.5) is 0 Å². The molecule has 0 aliphatic heterocycles. The Bertz CT molecular complexity index is 534. The summed E-state index contributed by atoms with van der Waals surface area (Å²) in [5.74, 6) is 0.444. The van der Waals surface area contributed by atoms with Crippen LogP contribution in [0.1, 0.15) is 22.7 Å². The van der Waals surface area contributed by atoms with Gasteiger partial charge in [0.1, 0.15) is 0 Å². The van der Waals surface area contributed by atoms with Crippen LogP contribution in [0.2, 0.25) is 0 Å². The predicted molar refractivity (Wildman–Crippen MR) is 71.1 cm³/mol. The topological polar surface area (TPSA) is 15.8 Å². The van der Waals surface area contributed by atoms with Gasteiger partial charge in [0.05, 0.1) is 0 Å². The van der Waals surface area contributed by atoms with Crippen LogP contribution in [0.3, 0.4) is 0 Å². The molecule has 1 N–H and O–H groups in total. The zero-order valence-electron chi connectivity index (χ0n) is 9.64. The van der Waals surface area contributed by atoms with E-state index in [0.717, 1.165) is 6.42 Å². The van der Waals surface area contributed by atoms with Crippen LogP contribution in [-0.2, 0) is 6.42 Å². The van der Waals surface area contributed by atoms with Gasteiger partial charge in [0.2, 0.25) is 0 Å². The number of aromatic amines is 1. The minimum atomic E-state index is 0.444. The summed E-state index contributed by atoms with van der Waals surface area (Å²) in [6.07, 6.45) is 11.7. The van der Waals surface area contributed by atoms with Gasteiger partial charge in [-0.05, 0) is 17.2 Å². The van der Waals surface area contributed by atoms with Gasteiger partial charge in [-0.25, -0.2) is 0 Å². The zero-order valence-corrected chi connectivity index (χ0v) is 9.64. The molecular weight excluding hydrogens is 206 g/mol. The van der Waals surface area contributed by atoms with Gasteiger partial charge < -0.3 is 4.98 Å². The number of aromatic nitrogens is 1.